The SMILES string of the molecule is c1ccc([Si](c2ccccc2)(c2nc(-n3c4ccccc4n4c5ccccc5nc34)cc(-n3c4ccccc4n4c5ccccc5nc34)n2)c2cccc3c2oc2ccccc23)cc1. The van der Waals surface area contributed by atoms with E-state index in [0.29, 0.717) is 17.1 Å². The average molecular weight is 839 g/mol. The Hall–Kier alpha value is -8.60. The van der Waals surface area contributed by atoms with E-state index < -0.39 is 8.07 Å². The summed E-state index contributed by atoms with van der Waals surface area (Å²) in [7, 11) is -3.55. The van der Waals surface area contributed by atoms with Crippen molar-refractivity contribution in [1.29, 1.82) is 0 Å². The number of imidazole rings is 4. The number of hydrogen-bond acceptors (Lipinski definition) is 5. The van der Waals surface area contributed by atoms with E-state index in [2.05, 4.69) is 206 Å². The van der Waals surface area contributed by atoms with Gasteiger partial charge in [0.1, 0.15) is 28.2 Å². The molecule has 0 spiro atoms. The van der Waals surface area contributed by atoms with E-state index in [1.807, 2.05) is 18.2 Å². The molecular formula is C54H34N8OSi. The first kappa shape index (κ1) is 35.0. The lowest BCUT2D eigenvalue weighted by molar-refractivity contribution is 0.671. The van der Waals surface area contributed by atoms with E-state index >= 15 is 0 Å². The molecule has 0 aliphatic carbocycles. The van der Waals surface area contributed by atoms with Crippen molar-refractivity contribution >= 4 is 107 Å². The summed E-state index contributed by atoms with van der Waals surface area (Å²) in [6.45, 7) is 0. The molecule has 300 valence electrons. The number of aromatic nitrogens is 8. The van der Waals surface area contributed by atoms with E-state index in [-0.39, 0.29) is 0 Å². The first-order valence-corrected chi connectivity index (χ1v) is 23.4. The third kappa shape index (κ3) is 4.71. The number of nitrogens with zero attached hydrogens (tertiary/aromatic N) is 8. The lowest BCUT2D eigenvalue weighted by atomic mass is 10.1. The minimum absolute atomic E-state index is 0.689. The smallest absolute Gasteiger partial charge is 0.229 e. The summed E-state index contributed by atoms with van der Waals surface area (Å²) in [5.74, 6) is 2.90. The standard InChI is InChI=1S/C54H34N8OSi/c1-3-18-35(19-4-1)64(36-20-5-2-6-21-36,48-33-17-23-38-37-22-7-16-32-47(37)63-51(38)48)52-57-49(61-45-30-14-12-28-43(45)59-41-26-10-8-24-39(41)55-53(59)61)34-50(58-52)62-46-31-15-13-29-44(46)60-42-27-11-9-25-40(42)56-54(60)62/h1-34H. The van der Waals surface area contributed by atoms with Crippen molar-refractivity contribution in [2.24, 2.45) is 0 Å². The van der Waals surface area contributed by atoms with Gasteiger partial charge in [-0.25, -0.2) is 19.9 Å². The molecule has 0 radical (unpaired) electrons. The van der Waals surface area contributed by atoms with Crippen LogP contribution in [-0.4, -0.2) is 45.9 Å². The first-order valence-electron chi connectivity index (χ1n) is 21.4. The second-order valence-corrected chi connectivity index (χ2v) is 19.9. The van der Waals surface area contributed by atoms with Crippen LogP contribution in [0.25, 0.3) is 89.3 Å². The molecule has 6 aromatic heterocycles. The fourth-order valence-electron chi connectivity index (χ4n) is 10.2. The number of hydrogen-bond donors (Lipinski definition) is 0. The van der Waals surface area contributed by atoms with Crippen LogP contribution in [0.15, 0.2) is 211 Å². The second kappa shape index (κ2) is 13.2. The van der Waals surface area contributed by atoms with Gasteiger partial charge < -0.3 is 4.42 Å². The van der Waals surface area contributed by atoms with Crippen molar-refractivity contribution < 1.29 is 4.42 Å². The van der Waals surface area contributed by atoms with Gasteiger partial charge in [0.2, 0.25) is 19.6 Å². The van der Waals surface area contributed by atoms with Gasteiger partial charge in [-0.3, -0.25) is 17.9 Å². The van der Waals surface area contributed by atoms with Gasteiger partial charge in [-0.2, -0.15) is 0 Å². The third-order valence-corrected chi connectivity index (χ3v) is 17.4. The number of fused-ring (bicyclic) bond motifs is 13. The van der Waals surface area contributed by atoms with Gasteiger partial charge in [0, 0.05) is 22.0 Å². The number of benzene rings is 8. The monoisotopic (exact) mass is 838 g/mol. The molecule has 0 aliphatic rings. The summed E-state index contributed by atoms with van der Waals surface area (Å²) >= 11 is 0. The van der Waals surface area contributed by atoms with Crippen molar-refractivity contribution in [2.45, 2.75) is 0 Å². The maximum atomic E-state index is 7.00. The van der Waals surface area contributed by atoms with Crippen LogP contribution >= 0.6 is 0 Å². The van der Waals surface area contributed by atoms with Crippen LogP contribution in [0.3, 0.4) is 0 Å². The molecule has 10 heteroatoms. The highest BCUT2D eigenvalue weighted by Crippen LogP contribution is 2.33. The van der Waals surface area contributed by atoms with Crippen LogP contribution in [0.5, 0.6) is 0 Å². The minimum Gasteiger partial charge on any atom is -0.456 e. The van der Waals surface area contributed by atoms with Gasteiger partial charge >= 0.3 is 0 Å². The number of rotatable bonds is 6. The van der Waals surface area contributed by atoms with Gasteiger partial charge in [0.05, 0.1) is 44.1 Å². The first-order chi connectivity index (χ1) is 31.8. The zero-order chi connectivity index (χ0) is 41.9. The van der Waals surface area contributed by atoms with Crippen molar-refractivity contribution in [1.82, 2.24) is 37.9 Å². The van der Waals surface area contributed by atoms with Crippen LogP contribution in [-0.2, 0) is 0 Å². The summed E-state index contributed by atoms with van der Waals surface area (Å²) in [6, 6.07) is 72.2. The number of furan rings is 1. The molecule has 0 amide bonds. The summed E-state index contributed by atoms with van der Waals surface area (Å²) in [5.41, 5.74) is 10.2. The molecule has 0 aliphatic heterocycles. The molecule has 9 nitrogen and oxygen atoms in total. The van der Waals surface area contributed by atoms with E-state index in [1.165, 1.54) is 0 Å². The highest BCUT2D eigenvalue weighted by atomic mass is 28.3. The van der Waals surface area contributed by atoms with E-state index in [0.717, 1.165) is 93.2 Å². The highest BCUT2D eigenvalue weighted by molar-refractivity contribution is 7.20. The maximum Gasteiger partial charge on any atom is 0.229 e. The lowest BCUT2D eigenvalue weighted by Gasteiger charge is -2.32. The molecule has 8 aromatic carbocycles. The Morgan fingerprint density at radius 3 is 1.39 bits per heavy atom. The highest BCUT2D eigenvalue weighted by Gasteiger charge is 2.47. The van der Waals surface area contributed by atoms with Gasteiger partial charge in [-0.05, 0) is 65.0 Å². The van der Waals surface area contributed by atoms with E-state index in [4.69, 9.17) is 24.4 Å². The lowest BCUT2D eigenvalue weighted by Crippen LogP contribution is -2.76. The Balaban J connectivity index is 1.20. The van der Waals surface area contributed by atoms with Crippen molar-refractivity contribution in [3.63, 3.8) is 0 Å². The largest absolute Gasteiger partial charge is 0.456 e. The van der Waals surface area contributed by atoms with Crippen LogP contribution in [0.2, 0.25) is 0 Å². The summed E-state index contributed by atoms with van der Waals surface area (Å²) in [6.07, 6.45) is 0. The average Bonchev–Trinajstić information content (AvgIpc) is 4.16. The Bertz CT molecular complexity index is 3950. The Kier molecular flexibility index (Phi) is 7.23. The summed E-state index contributed by atoms with van der Waals surface area (Å²) < 4.78 is 15.9. The molecule has 6 heterocycles. The van der Waals surface area contributed by atoms with Crippen LogP contribution < -0.4 is 21.0 Å². The van der Waals surface area contributed by atoms with Crippen LogP contribution in [0.1, 0.15) is 0 Å². The zero-order valence-corrected chi connectivity index (χ0v) is 35.1. The van der Waals surface area contributed by atoms with Crippen LogP contribution in [0, 0.1) is 0 Å². The quantitative estimate of drug-likeness (QED) is 0.123. The second-order valence-electron chi connectivity index (χ2n) is 16.3. The molecule has 14 aromatic rings. The molecule has 0 atom stereocenters. The molecule has 0 unspecified atom stereocenters. The molecule has 64 heavy (non-hydrogen) atoms. The molecular weight excluding hydrogens is 805 g/mol. The fourth-order valence-corrected chi connectivity index (χ4v) is 14.8. The molecule has 0 saturated carbocycles. The Morgan fingerprint density at radius 2 is 0.828 bits per heavy atom. The van der Waals surface area contributed by atoms with Crippen molar-refractivity contribution in [3.05, 3.63) is 206 Å². The zero-order valence-electron chi connectivity index (χ0n) is 34.1. The summed E-state index contributed by atoms with van der Waals surface area (Å²) in [5, 5.41) is 5.43. The minimum atomic E-state index is -3.55. The third-order valence-electron chi connectivity index (χ3n) is 12.9. The van der Waals surface area contributed by atoms with Gasteiger partial charge in [0.25, 0.3) is 0 Å². The van der Waals surface area contributed by atoms with Gasteiger partial charge in [-0.15, -0.1) is 0 Å². The van der Waals surface area contributed by atoms with Crippen molar-refractivity contribution in [2.75, 3.05) is 0 Å². The van der Waals surface area contributed by atoms with Gasteiger partial charge in [-0.1, -0.05) is 146 Å². The van der Waals surface area contributed by atoms with E-state index in [1.54, 1.807) is 0 Å². The molecule has 0 N–H and O–H groups in total. The summed E-state index contributed by atoms with van der Waals surface area (Å²) in [4.78, 5) is 22.4. The predicted octanol–water partition coefficient (Wildman–Crippen LogP) is 9.24. The van der Waals surface area contributed by atoms with Gasteiger partial charge in [0.15, 0.2) is 0 Å². The topological polar surface area (TPSA) is 83.4 Å². The Morgan fingerprint density at radius 1 is 0.375 bits per heavy atom. The molecule has 14 rings (SSSR count). The predicted molar refractivity (Wildman–Crippen MR) is 259 cm³/mol. The van der Waals surface area contributed by atoms with Crippen LogP contribution in [0.4, 0.5) is 0 Å². The van der Waals surface area contributed by atoms with E-state index in [9.17, 15) is 0 Å². The van der Waals surface area contributed by atoms with Crippen molar-refractivity contribution in [3.8, 4) is 11.6 Å². The molecule has 0 bridgehead atoms. The maximum absolute atomic E-state index is 7.00. The molecule has 0 saturated heterocycles. The Labute approximate surface area is 365 Å². The fraction of sp³-hybridized carbons (Fsp3) is 0. The number of para-hydroxylation sites is 10. The molecule has 0 fully saturated rings. The normalized spacial score (nSPS) is 12.4.